The highest BCUT2D eigenvalue weighted by Crippen LogP contribution is 2.35. The number of primary sulfonamides is 1. The molecule has 1 aromatic rings. The van der Waals surface area contributed by atoms with Crippen LogP contribution >= 0.6 is 0 Å². The molecule has 4 N–H and O–H groups in total. The molecule has 1 heterocycles. The third kappa shape index (κ3) is 2.79. The van der Waals surface area contributed by atoms with E-state index in [-0.39, 0.29) is 22.0 Å². The van der Waals surface area contributed by atoms with E-state index < -0.39 is 15.9 Å². The summed E-state index contributed by atoms with van der Waals surface area (Å²) < 4.78 is 23.3. The number of hydrogen-bond donors (Lipinski definition) is 3. The molecule has 0 atom stereocenters. The molecule has 1 aliphatic carbocycles. The molecule has 0 aromatic carbocycles. The van der Waals surface area contributed by atoms with E-state index in [0.717, 1.165) is 12.8 Å². The Morgan fingerprint density at radius 3 is 2.47 bits per heavy atom. The Morgan fingerprint density at radius 1 is 1.47 bits per heavy atom. The topological polar surface area (TPSA) is 118 Å². The van der Waals surface area contributed by atoms with Crippen LogP contribution in [-0.4, -0.2) is 30.1 Å². The van der Waals surface area contributed by atoms with Crippen LogP contribution in [0.25, 0.3) is 0 Å². The standard InChI is InChI=1S/C11H18N4O3S/c1-6(2)7-9(19(12,17)18)8(15-14-7)10(16)13-11(3)4-5-11/h6H,4-5H2,1-3H3,(H,13,16)(H,14,15)(H2,12,17,18). The van der Waals surface area contributed by atoms with Crippen LogP contribution in [0.1, 0.15) is 55.7 Å². The van der Waals surface area contributed by atoms with E-state index in [1.807, 2.05) is 6.92 Å². The summed E-state index contributed by atoms with van der Waals surface area (Å²) in [6, 6.07) is 0. The highest BCUT2D eigenvalue weighted by Gasteiger charge is 2.40. The molecular weight excluding hydrogens is 268 g/mol. The largest absolute Gasteiger partial charge is 0.345 e. The van der Waals surface area contributed by atoms with Crippen molar-refractivity contribution in [3.05, 3.63) is 11.4 Å². The summed E-state index contributed by atoms with van der Waals surface area (Å²) in [7, 11) is -4.00. The monoisotopic (exact) mass is 286 g/mol. The van der Waals surface area contributed by atoms with Gasteiger partial charge in [0.1, 0.15) is 4.90 Å². The average molecular weight is 286 g/mol. The quantitative estimate of drug-likeness (QED) is 0.745. The molecule has 0 spiro atoms. The minimum absolute atomic E-state index is 0.126. The Labute approximate surface area is 112 Å². The maximum absolute atomic E-state index is 12.1. The summed E-state index contributed by atoms with van der Waals surface area (Å²) in [6.45, 7) is 5.50. The van der Waals surface area contributed by atoms with E-state index in [2.05, 4.69) is 15.5 Å². The van der Waals surface area contributed by atoms with Gasteiger partial charge < -0.3 is 5.32 Å². The van der Waals surface area contributed by atoms with Gasteiger partial charge in [-0.15, -0.1) is 0 Å². The van der Waals surface area contributed by atoms with E-state index in [4.69, 9.17) is 5.14 Å². The number of hydrogen-bond acceptors (Lipinski definition) is 4. The third-order valence-electron chi connectivity index (χ3n) is 3.24. The van der Waals surface area contributed by atoms with Crippen LogP contribution in [0, 0.1) is 0 Å². The van der Waals surface area contributed by atoms with Crippen molar-refractivity contribution in [2.45, 2.75) is 50.0 Å². The van der Waals surface area contributed by atoms with Crippen LogP contribution in [0.5, 0.6) is 0 Å². The van der Waals surface area contributed by atoms with Crippen LogP contribution in [0.15, 0.2) is 4.90 Å². The number of nitrogens with one attached hydrogen (secondary N) is 2. The van der Waals surface area contributed by atoms with E-state index in [9.17, 15) is 13.2 Å². The van der Waals surface area contributed by atoms with Crippen LogP contribution in [-0.2, 0) is 10.0 Å². The van der Waals surface area contributed by atoms with Crippen molar-refractivity contribution >= 4 is 15.9 Å². The number of aromatic amines is 1. The minimum Gasteiger partial charge on any atom is -0.345 e. The van der Waals surface area contributed by atoms with Crippen molar-refractivity contribution in [2.75, 3.05) is 0 Å². The minimum atomic E-state index is -4.00. The molecule has 0 bridgehead atoms. The second-order valence-electron chi connectivity index (χ2n) is 5.53. The van der Waals surface area contributed by atoms with Crippen molar-refractivity contribution in [3.8, 4) is 0 Å². The molecule has 1 fully saturated rings. The predicted octanol–water partition coefficient (Wildman–Crippen LogP) is 0.463. The first kappa shape index (κ1) is 14.0. The van der Waals surface area contributed by atoms with Gasteiger partial charge in [0.2, 0.25) is 10.0 Å². The number of sulfonamides is 1. The van der Waals surface area contributed by atoms with Gasteiger partial charge in [-0.25, -0.2) is 13.6 Å². The van der Waals surface area contributed by atoms with Gasteiger partial charge in [0, 0.05) is 5.54 Å². The van der Waals surface area contributed by atoms with Gasteiger partial charge in [0.05, 0.1) is 5.69 Å². The molecule has 1 aromatic heterocycles. The summed E-state index contributed by atoms with van der Waals surface area (Å²) >= 11 is 0. The van der Waals surface area contributed by atoms with Crippen LogP contribution in [0.2, 0.25) is 0 Å². The average Bonchev–Trinajstić information content (AvgIpc) is 2.81. The van der Waals surface area contributed by atoms with E-state index in [1.54, 1.807) is 13.8 Å². The SMILES string of the molecule is CC(C)c1[nH]nc(C(=O)NC2(C)CC2)c1S(N)(=O)=O. The number of carbonyl (C=O) groups excluding carboxylic acids is 1. The van der Waals surface area contributed by atoms with Gasteiger partial charge >= 0.3 is 0 Å². The molecule has 1 aliphatic rings. The van der Waals surface area contributed by atoms with Crippen LogP contribution in [0.3, 0.4) is 0 Å². The zero-order chi connectivity index (χ0) is 14.4. The molecular formula is C11H18N4O3S. The lowest BCUT2D eigenvalue weighted by Crippen LogP contribution is -2.35. The second kappa shape index (κ2) is 4.31. The van der Waals surface area contributed by atoms with Crippen molar-refractivity contribution in [2.24, 2.45) is 5.14 Å². The molecule has 1 saturated carbocycles. The molecule has 8 heteroatoms. The van der Waals surface area contributed by atoms with E-state index >= 15 is 0 Å². The maximum atomic E-state index is 12.1. The summed E-state index contributed by atoms with van der Waals surface area (Å²) in [5.41, 5.74) is -0.0446. The Hall–Kier alpha value is -1.41. The summed E-state index contributed by atoms with van der Waals surface area (Å²) in [6.07, 6.45) is 1.76. The molecule has 19 heavy (non-hydrogen) atoms. The van der Waals surface area contributed by atoms with Crippen LogP contribution < -0.4 is 10.5 Å². The van der Waals surface area contributed by atoms with E-state index in [0.29, 0.717) is 5.69 Å². The Bertz CT molecular complexity index is 614. The zero-order valence-corrected chi connectivity index (χ0v) is 12.0. The van der Waals surface area contributed by atoms with Gasteiger partial charge in [0.15, 0.2) is 5.69 Å². The van der Waals surface area contributed by atoms with Gasteiger partial charge in [-0.3, -0.25) is 9.89 Å². The third-order valence-corrected chi connectivity index (χ3v) is 4.22. The molecule has 1 amide bonds. The first-order valence-electron chi connectivity index (χ1n) is 6.07. The van der Waals surface area contributed by atoms with Gasteiger partial charge in [0.25, 0.3) is 5.91 Å². The number of nitrogens with two attached hydrogens (primary N) is 1. The molecule has 7 nitrogen and oxygen atoms in total. The highest BCUT2D eigenvalue weighted by atomic mass is 32.2. The lowest BCUT2D eigenvalue weighted by Gasteiger charge is -2.11. The molecule has 0 saturated heterocycles. The van der Waals surface area contributed by atoms with Crippen molar-refractivity contribution < 1.29 is 13.2 Å². The van der Waals surface area contributed by atoms with Crippen molar-refractivity contribution in [1.82, 2.24) is 15.5 Å². The zero-order valence-electron chi connectivity index (χ0n) is 11.1. The highest BCUT2D eigenvalue weighted by molar-refractivity contribution is 7.89. The first-order valence-corrected chi connectivity index (χ1v) is 7.62. The predicted molar refractivity (Wildman–Crippen MR) is 69.2 cm³/mol. The summed E-state index contributed by atoms with van der Waals surface area (Å²) in [5, 5.41) is 14.4. The smallest absolute Gasteiger partial charge is 0.273 e. The normalized spacial score (nSPS) is 17.5. The maximum Gasteiger partial charge on any atom is 0.273 e. The van der Waals surface area contributed by atoms with Gasteiger partial charge in [-0.2, -0.15) is 5.10 Å². The second-order valence-corrected chi connectivity index (χ2v) is 7.03. The Balaban J connectivity index is 2.43. The fraction of sp³-hybridized carbons (Fsp3) is 0.636. The van der Waals surface area contributed by atoms with E-state index in [1.165, 1.54) is 0 Å². The Kier molecular flexibility index (Phi) is 3.18. The van der Waals surface area contributed by atoms with Gasteiger partial charge in [-0.05, 0) is 25.7 Å². The number of nitrogens with zero attached hydrogens (tertiary/aromatic N) is 1. The fourth-order valence-corrected chi connectivity index (χ4v) is 2.82. The number of amides is 1. The molecule has 0 aliphatic heterocycles. The number of H-pyrrole nitrogens is 1. The number of carbonyl (C=O) groups is 1. The van der Waals surface area contributed by atoms with Crippen molar-refractivity contribution in [3.63, 3.8) is 0 Å². The van der Waals surface area contributed by atoms with Gasteiger partial charge in [-0.1, -0.05) is 13.8 Å². The lowest BCUT2D eigenvalue weighted by molar-refractivity contribution is 0.0927. The Morgan fingerprint density at radius 2 is 2.05 bits per heavy atom. The number of rotatable bonds is 4. The first-order chi connectivity index (χ1) is 8.64. The number of aromatic nitrogens is 2. The fourth-order valence-electron chi connectivity index (χ4n) is 1.82. The molecule has 0 radical (unpaired) electrons. The molecule has 106 valence electrons. The lowest BCUT2D eigenvalue weighted by atomic mass is 10.1. The summed E-state index contributed by atoms with van der Waals surface area (Å²) in [4.78, 5) is 11.9. The van der Waals surface area contributed by atoms with Crippen LogP contribution in [0.4, 0.5) is 0 Å². The molecule has 2 rings (SSSR count). The molecule has 0 unspecified atom stereocenters. The summed E-state index contributed by atoms with van der Waals surface area (Å²) in [5.74, 6) is -0.633. The van der Waals surface area contributed by atoms with Crippen molar-refractivity contribution in [1.29, 1.82) is 0 Å².